The van der Waals surface area contributed by atoms with Gasteiger partial charge in [-0.05, 0) is 54.1 Å². The summed E-state index contributed by atoms with van der Waals surface area (Å²) in [6.45, 7) is 0. The van der Waals surface area contributed by atoms with Crippen molar-refractivity contribution in [3.8, 4) is 5.75 Å². The van der Waals surface area contributed by atoms with E-state index in [1.165, 1.54) is 54.5 Å². The summed E-state index contributed by atoms with van der Waals surface area (Å²) in [5, 5.41) is 1.74. The van der Waals surface area contributed by atoms with E-state index in [2.05, 4.69) is 15.6 Å². The number of hydrazine groups is 1. The van der Waals surface area contributed by atoms with Crippen LogP contribution in [0.5, 0.6) is 5.75 Å². The molecule has 0 aliphatic carbocycles. The van der Waals surface area contributed by atoms with Gasteiger partial charge in [-0.25, -0.2) is 8.42 Å². The third kappa shape index (κ3) is 6.23. The number of hydrogen-bond donors (Lipinski definition) is 3. The Morgan fingerprint density at radius 1 is 1.18 bits per heavy atom. The highest BCUT2D eigenvalue weighted by atomic mass is 32.2. The van der Waals surface area contributed by atoms with Gasteiger partial charge in [0.25, 0.3) is 11.8 Å². The number of carbonyl (C=O) groups excluding carboxylic acids is 2. The monoisotopic (exact) mass is 443 g/mol. The molecule has 1 aromatic carbocycles. The number of sulfonamides is 1. The van der Waals surface area contributed by atoms with Crippen LogP contribution in [0.2, 0.25) is 0 Å². The van der Waals surface area contributed by atoms with Gasteiger partial charge in [-0.3, -0.25) is 20.4 Å². The molecular formula is C17H21N3O5S3. The maximum Gasteiger partial charge on any atom is 0.279 e. The molecule has 28 heavy (non-hydrogen) atoms. The van der Waals surface area contributed by atoms with Crippen LogP contribution < -0.4 is 20.3 Å². The normalized spacial score (nSPS) is 12.2. The third-order valence-corrected chi connectivity index (χ3v) is 6.64. The molecule has 0 bridgehead atoms. The first kappa shape index (κ1) is 22.2. The molecule has 3 N–H and O–H groups in total. The molecule has 2 amide bonds. The summed E-state index contributed by atoms with van der Waals surface area (Å²) in [6.07, 6.45) is 2.11. The Morgan fingerprint density at radius 3 is 2.46 bits per heavy atom. The highest BCUT2D eigenvalue weighted by Crippen LogP contribution is 2.16. The minimum atomic E-state index is -3.93. The predicted molar refractivity (Wildman–Crippen MR) is 110 cm³/mol. The molecule has 2 aromatic rings. The molecule has 0 radical (unpaired) electrons. The van der Waals surface area contributed by atoms with E-state index < -0.39 is 27.9 Å². The second-order valence-corrected chi connectivity index (χ2v) is 9.20. The first-order chi connectivity index (χ1) is 13.4. The lowest BCUT2D eigenvalue weighted by Gasteiger charge is -2.18. The van der Waals surface area contributed by atoms with Gasteiger partial charge in [-0.1, -0.05) is 6.07 Å². The number of thioether (sulfide) groups is 1. The Kier molecular flexibility index (Phi) is 8.30. The molecule has 11 heteroatoms. The number of rotatable bonds is 9. The summed E-state index contributed by atoms with van der Waals surface area (Å²) >= 11 is 2.71. The first-order valence-corrected chi connectivity index (χ1v) is 11.9. The van der Waals surface area contributed by atoms with Crippen molar-refractivity contribution in [2.75, 3.05) is 19.1 Å². The lowest BCUT2D eigenvalue weighted by molar-refractivity contribution is -0.123. The van der Waals surface area contributed by atoms with Crippen molar-refractivity contribution in [1.82, 2.24) is 15.6 Å². The van der Waals surface area contributed by atoms with Gasteiger partial charge in [0, 0.05) is 0 Å². The van der Waals surface area contributed by atoms with Gasteiger partial charge in [0.05, 0.1) is 16.9 Å². The van der Waals surface area contributed by atoms with E-state index in [0.717, 1.165) is 0 Å². The van der Waals surface area contributed by atoms with Crippen molar-refractivity contribution < 1.29 is 22.7 Å². The van der Waals surface area contributed by atoms with Gasteiger partial charge >= 0.3 is 0 Å². The first-order valence-electron chi connectivity index (χ1n) is 8.16. The van der Waals surface area contributed by atoms with Crippen LogP contribution >= 0.6 is 23.1 Å². The van der Waals surface area contributed by atoms with E-state index in [1.54, 1.807) is 17.5 Å². The molecule has 0 aliphatic rings. The highest BCUT2D eigenvalue weighted by molar-refractivity contribution is 7.98. The van der Waals surface area contributed by atoms with Gasteiger partial charge in [0.15, 0.2) is 0 Å². The topological polar surface area (TPSA) is 114 Å². The van der Waals surface area contributed by atoms with Crippen LogP contribution in [0.15, 0.2) is 46.7 Å². The third-order valence-electron chi connectivity index (χ3n) is 3.64. The SMILES string of the molecule is COc1ccc(S(=O)(=O)N[C@@H](CCSC)C(=O)NNC(=O)c2cccs2)cc1. The Hall–Kier alpha value is -2.08. The Bertz CT molecular complexity index is 883. The number of amides is 2. The van der Waals surface area contributed by atoms with Crippen LogP contribution in [-0.2, 0) is 14.8 Å². The Labute approximate surface area is 172 Å². The second kappa shape index (κ2) is 10.5. The van der Waals surface area contributed by atoms with Crippen molar-refractivity contribution in [3.05, 3.63) is 46.7 Å². The molecule has 8 nitrogen and oxygen atoms in total. The summed E-state index contributed by atoms with van der Waals surface area (Å²) in [5.74, 6) is -0.0322. The van der Waals surface area contributed by atoms with E-state index in [1.807, 2.05) is 6.26 Å². The van der Waals surface area contributed by atoms with Crippen molar-refractivity contribution in [1.29, 1.82) is 0 Å². The number of hydrogen-bond acceptors (Lipinski definition) is 7. The van der Waals surface area contributed by atoms with E-state index in [9.17, 15) is 18.0 Å². The molecule has 152 valence electrons. The average molecular weight is 444 g/mol. The molecule has 0 saturated carbocycles. The Balaban J connectivity index is 2.06. The largest absolute Gasteiger partial charge is 0.497 e. The number of nitrogens with one attached hydrogen (secondary N) is 3. The summed E-state index contributed by atoms with van der Waals surface area (Å²) in [4.78, 5) is 24.8. The van der Waals surface area contributed by atoms with Crippen LogP contribution in [0.25, 0.3) is 0 Å². The molecule has 1 atom stereocenters. The van der Waals surface area contributed by atoms with Crippen LogP contribution in [-0.4, -0.2) is 45.4 Å². The molecule has 0 spiro atoms. The molecule has 1 heterocycles. The standard InChI is InChI=1S/C17H21N3O5S3/c1-25-12-5-7-13(8-6-12)28(23,24)20-14(9-11-26-2)16(21)18-19-17(22)15-4-3-10-27-15/h3-8,10,14,20H,9,11H2,1-2H3,(H,18,21)(H,19,22)/t14-/m0/s1. The summed E-state index contributed by atoms with van der Waals surface area (Å²) in [5.41, 5.74) is 4.58. The van der Waals surface area contributed by atoms with E-state index in [4.69, 9.17) is 4.74 Å². The number of methoxy groups -OCH3 is 1. The molecule has 0 aliphatic heterocycles. The minimum absolute atomic E-state index is 0.0119. The summed E-state index contributed by atoms with van der Waals surface area (Å²) in [7, 11) is -2.45. The molecule has 0 unspecified atom stereocenters. The summed E-state index contributed by atoms with van der Waals surface area (Å²) < 4.78 is 32.6. The maximum absolute atomic E-state index is 12.6. The average Bonchev–Trinajstić information content (AvgIpc) is 3.24. The zero-order valence-electron chi connectivity index (χ0n) is 15.3. The van der Waals surface area contributed by atoms with E-state index >= 15 is 0 Å². The van der Waals surface area contributed by atoms with Crippen LogP contribution in [0.4, 0.5) is 0 Å². The van der Waals surface area contributed by atoms with Crippen LogP contribution in [0.3, 0.4) is 0 Å². The number of thiophene rings is 1. The van der Waals surface area contributed by atoms with Crippen LogP contribution in [0, 0.1) is 0 Å². The molecule has 2 rings (SSSR count). The quantitative estimate of drug-likeness (QED) is 0.508. The van der Waals surface area contributed by atoms with Crippen molar-refractivity contribution in [2.45, 2.75) is 17.4 Å². The van der Waals surface area contributed by atoms with Gasteiger partial charge in [-0.2, -0.15) is 16.5 Å². The molecule has 0 saturated heterocycles. The van der Waals surface area contributed by atoms with Crippen molar-refractivity contribution >= 4 is 44.9 Å². The van der Waals surface area contributed by atoms with E-state index in [0.29, 0.717) is 16.4 Å². The van der Waals surface area contributed by atoms with Crippen molar-refractivity contribution in [2.24, 2.45) is 0 Å². The minimum Gasteiger partial charge on any atom is -0.497 e. The van der Waals surface area contributed by atoms with Crippen molar-refractivity contribution in [3.63, 3.8) is 0 Å². The number of ether oxygens (including phenoxy) is 1. The maximum atomic E-state index is 12.6. The van der Waals surface area contributed by atoms with E-state index in [-0.39, 0.29) is 11.3 Å². The van der Waals surface area contributed by atoms with Gasteiger partial charge in [0.1, 0.15) is 11.8 Å². The van der Waals surface area contributed by atoms with Gasteiger partial charge < -0.3 is 4.74 Å². The fourth-order valence-corrected chi connectivity index (χ4v) is 4.48. The Morgan fingerprint density at radius 2 is 1.89 bits per heavy atom. The number of benzene rings is 1. The smallest absolute Gasteiger partial charge is 0.279 e. The summed E-state index contributed by atoms with van der Waals surface area (Å²) in [6, 6.07) is 8.12. The highest BCUT2D eigenvalue weighted by Gasteiger charge is 2.26. The zero-order valence-corrected chi connectivity index (χ0v) is 17.7. The fourth-order valence-electron chi connectivity index (χ4n) is 2.16. The lowest BCUT2D eigenvalue weighted by atomic mass is 10.2. The zero-order chi connectivity index (χ0) is 20.6. The van der Waals surface area contributed by atoms with Gasteiger partial charge in [-0.15, -0.1) is 11.3 Å². The van der Waals surface area contributed by atoms with Crippen LogP contribution in [0.1, 0.15) is 16.1 Å². The lowest BCUT2D eigenvalue weighted by Crippen LogP contribution is -2.52. The molecular weight excluding hydrogens is 422 g/mol. The second-order valence-electron chi connectivity index (χ2n) is 5.55. The fraction of sp³-hybridized carbons (Fsp3) is 0.294. The number of carbonyl (C=O) groups is 2. The molecule has 1 aromatic heterocycles. The predicted octanol–water partition coefficient (Wildman–Crippen LogP) is 1.62. The van der Waals surface area contributed by atoms with Gasteiger partial charge in [0.2, 0.25) is 10.0 Å². The molecule has 0 fully saturated rings.